The number of nitriles is 1. The SMILES string of the molecule is C1COCC[NH2+]1.COc1ccc(C2C(C#N)=C([S-])OC3=C2C(=O)CC(C)(C)C3)cc1. The van der Waals surface area contributed by atoms with E-state index in [4.69, 9.17) is 26.8 Å². The highest BCUT2D eigenvalue weighted by atomic mass is 32.1. The van der Waals surface area contributed by atoms with Crippen molar-refractivity contribution in [1.82, 2.24) is 0 Å². The number of benzene rings is 1. The van der Waals surface area contributed by atoms with Gasteiger partial charge in [0.2, 0.25) is 0 Å². The first-order chi connectivity index (χ1) is 14.4. The lowest BCUT2D eigenvalue weighted by atomic mass is 9.70. The normalized spacial score (nSPS) is 22.9. The van der Waals surface area contributed by atoms with Gasteiger partial charge in [-0.2, -0.15) is 5.26 Å². The van der Waals surface area contributed by atoms with E-state index < -0.39 is 5.92 Å². The number of Topliss-reactive ketones (excluding diaryl/α,β-unsaturated/α-hetero) is 1. The quantitative estimate of drug-likeness (QED) is 0.728. The zero-order valence-electron chi connectivity index (χ0n) is 17.7. The molecule has 30 heavy (non-hydrogen) atoms. The van der Waals surface area contributed by atoms with Crippen molar-refractivity contribution in [2.75, 3.05) is 33.4 Å². The van der Waals surface area contributed by atoms with Crippen LogP contribution < -0.4 is 10.1 Å². The lowest BCUT2D eigenvalue weighted by molar-refractivity contribution is -0.670. The van der Waals surface area contributed by atoms with Crippen LogP contribution in [0.2, 0.25) is 0 Å². The molecule has 2 N–H and O–H groups in total. The minimum atomic E-state index is -0.458. The maximum absolute atomic E-state index is 12.8. The fraction of sp³-hybridized carbons (Fsp3) is 0.478. The Hall–Kier alpha value is -2.40. The summed E-state index contributed by atoms with van der Waals surface area (Å²) in [5.41, 5.74) is 1.57. The Kier molecular flexibility index (Phi) is 7.14. The number of methoxy groups -OCH3 is 1. The summed E-state index contributed by atoms with van der Waals surface area (Å²) in [7, 11) is 1.60. The molecule has 0 amide bonds. The van der Waals surface area contributed by atoms with E-state index in [0.29, 0.717) is 29.7 Å². The molecule has 3 aliphatic rings. The third kappa shape index (κ3) is 5.01. The van der Waals surface area contributed by atoms with E-state index in [9.17, 15) is 10.1 Å². The van der Waals surface area contributed by atoms with Gasteiger partial charge in [0, 0.05) is 18.4 Å². The van der Waals surface area contributed by atoms with Crippen molar-refractivity contribution in [3.8, 4) is 11.8 Å². The van der Waals surface area contributed by atoms with Gasteiger partial charge in [0.25, 0.3) is 0 Å². The first kappa shape index (κ1) is 22.3. The molecule has 160 valence electrons. The molecule has 2 aliphatic heterocycles. The number of hydrogen-bond acceptors (Lipinski definition) is 6. The summed E-state index contributed by atoms with van der Waals surface area (Å²) in [6.07, 6.45) is 1.08. The Labute approximate surface area is 183 Å². The maximum atomic E-state index is 12.8. The second kappa shape index (κ2) is 9.61. The van der Waals surface area contributed by atoms with Gasteiger partial charge < -0.3 is 32.2 Å². The fourth-order valence-electron chi connectivity index (χ4n) is 3.94. The Balaban J connectivity index is 0.000000367. The monoisotopic (exact) mass is 428 g/mol. The van der Waals surface area contributed by atoms with Gasteiger partial charge in [-0.3, -0.25) is 4.79 Å². The predicted molar refractivity (Wildman–Crippen MR) is 114 cm³/mol. The molecule has 0 aromatic heterocycles. The molecule has 4 rings (SSSR count). The Bertz CT molecular complexity index is 881. The second-order valence-electron chi connectivity index (χ2n) is 8.38. The molecule has 1 unspecified atom stereocenters. The highest BCUT2D eigenvalue weighted by Gasteiger charge is 2.41. The summed E-state index contributed by atoms with van der Waals surface area (Å²) < 4.78 is 15.9. The first-order valence-corrected chi connectivity index (χ1v) is 10.6. The van der Waals surface area contributed by atoms with Crippen LogP contribution in [0.15, 0.2) is 46.3 Å². The number of quaternary nitrogens is 1. The Morgan fingerprint density at radius 1 is 1.20 bits per heavy atom. The van der Waals surface area contributed by atoms with E-state index in [1.807, 2.05) is 38.1 Å². The number of nitrogens with zero attached hydrogens (tertiary/aromatic N) is 1. The molecule has 0 radical (unpaired) electrons. The lowest BCUT2D eigenvalue weighted by Gasteiger charge is -2.39. The summed E-state index contributed by atoms with van der Waals surface area (Å²) >= 11 is 5.28. The van der Waals surface area contributed by atoms with Crippen LogP contribution in [-0.2, 0) is 26.9 Å². The minimum Gasteiger partial charge on any atom is -0.741 e. The van der Waals surface area contributed by atoms with E-state index in [1.165, 1.54) is 0 Å². The van der Waals surface area contributed by atoms with Gasteiger partial charge >= 0.3 is 0 Å². The van der Waals surface area contributed by atoms with Gasteiger partial charge in [0.1, 0.15) is 11.5 Å². The number of hydrogen-bond donors (Lipinski definition) is 1. The van der Waals surface area contributed by atoms with Crippen LogP contribution in [0, 0.1) is 16.7 Å². The lowest BCUT2D eigenvalue weighted by Crippen LogP contribution is -2.87. The van der Waals surface area contributed by atoms with Crippen molar-refractivity contribution in [3.63, 3.8) is 0 Å². The van der Waals surface area contributed by atoms with Crippen LogP contribution in [0.4, 0.5) is 0 Å². The van der Waals surface area contributed by atoms with Gasteiger partial charge in [-0.1, -0.05) is 26.0 Å². The van der Waals surface area contributed by atoms with Crippen molar-refractivity contribution in [3.05, 3.63) is 51.8 Å². The maximum Gasteiger partial charge on any atom is 0.163 e. The van der Waals surface area contributed by atoms with Gasteiger partial charge in [-0.15, -0.1) is 0 Å². The van der Waals surface area contributed by atoms with Crippen molar-refractivity contribution in [2.24, 2.45) is 5.41 Å². The van der Waals surface area contributed by atoms with Crippen LogP contribution in [0.3, 0.4) is 0 Å². The molecule has 0 bridgehead atoms. The van der Waals surface area contributed by atoms with Crippen molar-refractivity contribution < 1.29 is 24.3 Å². The number of carbonyl (C=O) groups excluding carboxylic acids is 1. The Morgan fingerprint density at radius 3 is 2.37 bits per heavy atom. The van der Waals surface area contributed by atoms with Crippen molar-refractivity contribution >= 4 is 18.4 Å². The molecule has 1 aromatic carbocycles. The molecule has 6 nitrogen and oxygen atoms in total. The standard InChI is InChI=1S/C19H19NO3S.C4H9NO/c1-19(2)8-14(21)17-15(9-19)23-18(24)13(10-20)16(17)11-4-6-12(22-3)7-5-11;1-3-6-4-2-5-1/h4-7,16,24H,8-9H2,1-3H3;5H,1-4H2. The third-order valence-corrected chi connectivity index (χ3v) is 5.70. The zero-order valence-corrected chi connectivity index (χ0v) is 18.5. The van der Waals surface area contributed by atoms with Gasteiger partial charge in [0.15, 0.2) is 5.78 Å². The van der Waals surface area contributed by atoms with E-state index in [1.54, 1.807) is 7.11 Å². The molecule has 1 atom stereocenters. The minimum absolute atomic E-state index is 0.0253. The number of nitrogens with two attached hydrogens (primary N) is 1. The van der Waals surface area contributed by atoms with E-state index in [2.05, 4.69) is 11.4 Å². The third-order valence-electron chi connectivity index (χ3n) is 5.39. The number of morpholine rings is 1. The number of ether oxygens (including phenoxy) is 3. The molecular formula is C23H28N2O4S. The Morgan fingerprint density at radius 2 is 1.87 bits per heavy atom. The van der Waals surface area contributed by atoms with Crippen LogP contribution in [0.1, 0.15) is 38.2 Å². The highest BCUT2D eigenvalue weighted by Crippen LogP contribution is 2.48. The topological polar surface area (TPSA) is 85.2 Å². The average Bonchev–Trinajstić information content (AvgIpc) is 2.73. The fourth-order valence-corrected chi connectivity index (χ4v) is 4.20. The van der Waals surface area contributed by atoms with E-state index in [-0.39, 0.29) is 16.3 Å². The summed E-state index contributed by atoms with van der Waals surface area (Å²) in [5.74, 6) is 0.899. The molecule has 7 heteroatoms. The molecule has 0 spiro atoms. The summed E-state index contributed by atoms with van der Waals surface area (Å²) in [6.45, 7) is 8.26. The summed E-state index contributed by atoms with van der Waals surface area (Å²) in [4.78, 5) is 12.8. The second-order valence-corrected chi connectivity index (χ2v) is 8.75. The summed E-state index contributed by atoms with van der Waals surface area (Å²) in [6, 6.07) is 9.51. The molecule has 1 saturated heterocycles. The zero-order chi connectivity index (χ0) is 21.7. The van der Waals surface area contributed by atoms with Crippen molar-refractivity contribution in [2.45, 2.75) is 32.6 Å². The predicted octanol–water partition coefficient (Wildman–Crippen LogP) is 2.31. The summed E-state index contributed by atoms with van der Waals surface area (Å²) in [5, 5.41) is 12.0. The number of ketones is 1. The molecule has 1 aromatic rings. The van der Waals surface area contributed by atoms with E-state index >= 15 is 0 Å². The van der Waals surface area contributed by atoms with Crippen LogP contribution >= 0.6 is 0 Å². The highest BCUT2D eigenvalue weighted by molar-refractivity contribution is 7.63. The van der Waals surface area contributed by atoms with Crippen LogP contribution in [0.25, 0.3) is 0 Å². The van der Waals surface area contributed by atoms with Gasteiger partial charge in [-0.25, -0.2) is 0 Å². The van der Waals surface area contributed by atoms with Gasteiger partial charge in [-0.05, 0) is 28.2 Å². The first-order valence-electron chi connectivity index (χ1n) is 10.1. The molecule has 2 heterocycles. The van der Waals surface area contributed by atoms with Gasteiger partial charge in [0.05, 0.1) is 51.0 Å². The molecule has 1 fully saturated rings. The van der Waals surface area contributed by atoms with Crippen LogP contribution in [0.5, 0.6) is 5.75 Å². The van der Waals surface area contributed by atoms with E-state index in [0.717, 1.165) is 37.6 Å². The van der Waals surface area contributed by atoms with Crippen LogP contribution in [-0.4, -0.2) is 39.2 Å². The molecule has 0 saturated carbocycles. The average molecular weight is 429 g/mol. The largest absolute Gasteiger partial charge is 0.741 e. The number of carbonyl (C=O) groups is 1. The molecule has 1 aliphatic carbocycles. The smallest absolute Gasteiger partial charge is 0.163 e. The number of allylic oxidation sites excluding steroid dienone is 3. The van der Waals surface area contributed by atoms with Crippen molar-refractivity contribution in [1.29, 1.82) is 5.26 Å². The molecular weight excluding hydrogens is 400 g/mol. The number of rotatable bonds is 2.